The van der Waals surface area contributed by atoms with Crippen LogP contribution < -0.4 is 5.32 Å². The number of ether oxygens (including phenoxy) is 2. The Balaban J connectivity index is 1.43. The minimum atomic E-state index is -0.571. The maximum absolute atomic E-state index is 13.5. The first-order valence-electron chi connectivity index (χ1n) is 14.1. The fraction of sp³-hybridized carbons (Fsp3) is 0.484. The number of esters is 1. The summed E-state index contributed by atoms with van der Waals surface area (Å²) in [5.41, 5.74) is 3.12. The largest absolute Gasteiger partial charge is 0.462 e. The number of benzene rings is 2. The van der Waals surface area contributed by atoms with E-state index in [1.165, 1.54) is 49.7 Å². The number of thioether (sulfide) groups is 1. The van der Waals surface area contributed by atoms with Gasteiger partial charge >= 0.3 is 5.97 Å². The Morgan fingerprint density at radius 3 is 2.58 bits per heavy atom. The number of unbranched alkanes of at least 4 members (excludes halogenated alkanes) is 1. The molecule has 1 saturated heterocycles. The van der Waals surface area contributed by atoms with E-state index >= 15 is 0 Å². The van der Waals surface area contributed by atoms with Gasteiger partial charge in [-0.3, -0.25) is 0 Å². The lowest BCUT2D eigenvalue weighted by atomic mass is 9.96. The van der Waals surface area contributed by atoms with E-state index in [1.807, 2.05) is 30.5 Å². The lowest BCUT2D eigenvalue weighted by molar-refractivity contribution is -0.139. The molecule has 0 saturated carbocycles. The number of halogens is 2. The number of carbonyl (C=O) groups is 1. The van der Waals surface area contributed by atoms with Crippen LogP contribution in [0.3, 0.4) is 0 Å². The summed E-state index contributed by atoms with van der Waals surface area (Å²) in [6.45, 7) is 4.75. The average molecular weight is 605 g/mol. The molecule has 0 bridgehead atoms. The zero-order valence-corrected chi connectivity index (χ0v) is 25.5. The van der Waals surface area contributed by atoms with Crippen molar-refractivity contribution in [3.63, 3.8) is 0 Å². The molecule has 4 rings (SSSR count). The molecule has 1 N–H and O–H groups in total. The maximum Gasteiger partial charge on any atom is 0.338 e. The van der Waals surface area contributed by atoms with Crippen molar-refractivity contribution in [2.24, 2.45) is 4.99 Å². The lowest BCUT2D eigenvalue weighted by Gasteiger charge is -2.27. The fourth-order valence-corrected chi connectivity index (χ4v) is 5.75. The molecule has 1 atom stereocenters. The van der Waals surface area contributed by atoms with Gasteiger partial charge in [0.15, 0.2) is 5.17 Å². The Kier molecular flexibility index (Phi) is 12.7. The SMILES string of the molecule is CSC1=NC(c2ccc(Cl)c(Cl)c2)C(C(=O)OCCCc2ccccc2)=C(COCCCCN2CCCCC2)N1. The van der Waals surface area contributed by atoms with Crippen LogP contribution in [-0.4, -0.2) is 61.7 Å². The van der Waals surface area contributed by atoms with Gasteiger partial charge in [0.25, 0.3) is 0 Å². The van der Waals surface area contributed by atoms with Gasteiger partial charge < -0.3 is 19.7 Å². The van der Waals surface area contributed by atoms with Gasteiger partial charge in [-0.2, -0.15) is 0 Å². The Morgan fingerprint density at radius 2 is 1.82 bits per heavy atom. The second-order valence-electron chi connectivity index (χ2n) is 10.1. The third-order valence-corrected chi connectivity index (χ3v) is 8.50. The highest BCUT2D eigenvalue weighted by atomic mass is 35.5. The van der Waals surface area contributed by atoms with Crippen LogP contribution in [0.25, 0.3) is 0 Å². The van der Waals surface area contributed by atoms with Crippen molar-refractivity contribution in [2.75, 3.05) is 45.7 Å². The predicted molar refractivity (Wildman–Crippen MR) is 166 cm³/mol. The van der Waals surface area contributed by atoms with Crippen molar-refractivity contribution in [1.82, 2.24) is 10.2 Å². The molecule has 1 unspecified atom stereocenters. The van der Waals surface area contributed by atoms with Crippen molar-refractivity contribution in [2.45, 2.75) is 51.0 Å². The van der Waals surface area contributed by atoms with Crippen molar-refractivity contribution >= 4 is 46.1 Å². The molecular weight excluding hydrogens is 565 g/mol. The third-order valence-electron chi connectivity index (χ3n) is 7.17. The molecule has 216 valence electrons. The number of hydrogen-bond donors (Lipinski definition) is 1. The van der Waals surface area contributed by atoms with Gasteiger partial charge in [-0.1, -0.05) is 77.8 Å². The number of rotatable bonds is 13. The van der Waals surface area contributed by atoms with E-state index in [1.54, 1.807) is 12.1 Å². The van der Waals surface area contributed by atoms with Crippen LogP contribution in [0.15, 0.2) is 64.8 Å². The molecule has 0 aliphatic carbocycles. The monoisotopic (exact) mass is 603 g/mol. The number of nitrogens with one attached hydrogen (secondary N) is 1. The fourth-order valence-electron chi connectivity index (χ4n) is 5.01. The number of carbonyl (C=O) groups excluding carboxylic acids is 1. The number of amidine groups is 1. The second-order valence-corrected chi connectivity index (χ2v) is 11.7. The van der Waals surface area contributed by atoms with E-state index in [9.17, 15) is 4.79 Å². The molecule has 2 heterocycles. The summed E-state index contributed by atoms with van der Waals surface area (Å²) in [5, 5.41) is 4.90. The van der Waals surface area contributed by atoms with Gasteiger partial charge in [0, 0.05) is 6.61 Å². The lowest BCUT2D eigenvalue weighted by Crippen LogP contribution is -2.34. The normalized spacial score (nSPS) is 17.9. The number of nitrogens with zero attached hydrogens (tertiary/aromatic N) is 2. The molecular formula is C31H39Cl2N3O3S. The predicted octanol–water partition coefficient (Wildman–Crippen LogP) is 7.07. The third kappa shape index (κ3) is 9.25. The highest BCUT2D eigenvalue weighted by Gasteiger charge is 2.32. The van der Waals surface area contributed by atoms with Crippen LogP contribution in [0.2, 0.25) is 10.0 Å². The van der Waals surface area contributed by atoms with Crippen molar-refractivity contribution in [3.8, 4) is 0 Å². The van der Waals surface area contributed by atoms with E-state index in [0.29, 0.717) is 39.7 Å². The average Bonchev–Trinajstić information content (AvgIpc) is 2.99. The molecule has 0 aromatic heterocycles. The van der Waals surface area contributed by atoms with Crippen LogP contribution in [-0.2, 0) is 20.7 Å². The Hall–Kier alpha value is -2.03. The number of likely N-dealkylation sites (tertiary alicyclic amines) is 1. The van der Waals surface area contributed by atoms with Gasteiger partial charge in [0.05, 0.1) is 34.5 Å². The van der Waals surface area contributed by atoms with Gasteiger partial charge in [0.1, 0.15) is 6.04 Å². The smallest absolute Gasteiger partial charge is 0.338 e. The van der Waals surface area contributed by atoms with E-state index < -0.39 is 12.0 Å². The highest BCUT2D eigenvalue weighted by molar-refractivity contribution is 8.13. The van der Waals surface area contributed by atoms with Crippen molar-refractivity contribution in [3.05, 3.63) is 81.0 Å². The summed E-state index contributed by atoms with van der Waals surface area (Å²) in [7, 11) is 0. The number of aryl methyl sites for hydroxylation is 1. The Labute approximate surface area is 252 Å². The van der Waals surface area contributed by atoms with Gasteiger partial charge in [-0.05, 0) is 87.7 Å². The molecule has 0 radical (unpaired) electrons. The zero-order chi connectivity index (χ0) is 28.2. The Morgan fingerprint density at radius 1 is 1.02 bits per heavy atom. The maximum atomic E-state index is 13.5. The van der Waals surface area contributed by atoms with Crippen molar-refractivity contribution in [1.29, 1.82) is 0 Å². The standard InChI is InChI=1S/C31H39Cl2N3O3S/c1-40-31-34-27(22-38-19-9-8-18-36-16-6-3-7-17-36)28(29(35-31)24-14-15-25(32)26(33)21-24)30(37)39-20-10-13-23-11-4-2-5-12-23/h2,4-5,11-12,14-15,21,29H,3,6-10,13,16-20,22H2,1H3,(H,34,35). The zero-order valence-electron chi connectivity index (χ0n) is 23.2. The molecule has 1 fully saturated rings. The van der Waals surface area contributed by atoms with Crippen LogP contribution in [0, 0.1) is 0 Å². The van der Waals surface area contributed by atoms with Crippen LogP contribution in [0.4, 0.5) is 0 Å². The van der Waals surface area contributed by atoms with Gasteiger partial charge in [-0.15, -0.1) is 0 Å². The topological polar surface area (TPSA) is 63.2 Å². The first kappa shape index (κ1) is 30.9. The molecule has 6 nitrogen and oxygen atoms in total. The van der Waals surface area contributed by atoms with E-state index in [2.05, 4.69) is 22.3 Å². The molecule has 0 amide bonds. The van der Waals surface area contributed by atoms with E-state index in [4.69, 9.17) is 37.7 Å². The molecule has 2 aliphatic rings. The molecule has 40 heavy (non-hydrogen) atoms. The molecule has 0 spiro atoms. The minimum absolute atomic E-state index is 0.273. The second kappa shape index (κ2) is 16.4. The van der Waals surface area contributed by atoms with Crippen molar-refractivity contribution < 1.29 is 14.3 Å². The first-order chi connectivity index (χ1) is 19.5. The molecule has 2 aliphatic heterocycles. The quantitative estimate of drug-likeness (QED) is 0.195. The summed E-state index contributed by atoms with van der Waals surface area (Å²) in [6.07, 6.45) is 9.56. The number of piperidine rings is 1. The summed E-state index contributed by atoms with van der Waals surface area (Å²) in [4.78, 5) is 20.9. The number of hydrogen-bond acceptors (Lipinski definition) is 7. The summed E-state index contributed by atoms with van der Waals surface area (Å²) in [6, 6.07) is 15.0. The van der Waals surface area contributed by atoms with Crippen LogP contribution in [0.5, 0.6) is 0 Å². The van der Waals surface area contributed by atoms with Gasteiger partial charge in [0.2, 0.25) is 0 Å². The highest BCUT2D eigenvalue weighted by Crippen LogP contribution is 2.35. The first-order valence-corrected chi connectivity index (χ1v) is 16.1. The summed E-state index contributed by atoms with van der Waals surface area (Å²) < 4.78 is 11.9. The minimum Gasteiger partial charge on any atom is -0.462 e. The molecule has 9 heteroatoms. The van der Waals surface area contributed by atoms with Gasteiger partial charge in [-0.25, -0.2) is 9.79 Å². The van der Waals surface area contributed by atoms with E-state index in [0.717, 1.165) is 37.8 Å². The molecule has 2 aromatic rings. The Bertz CT molecular complexity index is 1170. The molecule has 2 aromatic carbocycles. The summed E-state index contributed by atoms with van der Waals surface area (Å²) in [5.74, 6) is -0.399. The van der Waals surface area contributed by atoms with E-state index in [-0.39, 0.29) is 6.61 Å². The van der Waals surface area contributed by atoms with Crippen LogP contribution >= 0.6 is 35.0 Å². The van der Waals surface area contributed by atoms with Crippen LogP contribution in [0.1, 0.15) is 55.7 Å². The summed E-state index contributed by atoms with van der Waals surface area (Å²) >= 11 is 14.0. The number of aliphatic imine (C=N–C) groups is 1.